The van der Waals surface area contributed by atoms with Crippen molar-refractivity contribution in [3.8, 4) is 11.3 Å². The van der Waals surface area contributed by atoms with E-state index in [2.05, 4.69) is 20.5 Å². The van der Waals surface area contributed by atoms with Gasteiger partial charge in [-0.05, 0) is 73.7 Å². The minimum atomic E-state index is -0.992. The van der Waals surface area contributed by atoms with Crippen LogP contribution in [0.1, 0.15) is 51.5 Å². The Labute approximate surface area is 263 Å². The van der Waals surface area contributed by atoms with Crippen LogP contribution in [0, 0.1) is 11.6 Å². The van der Waals surface area contributed by atoms with Crippen LogP contribution in [0.3, 0.4) is 0 Å². The highest BCUT2D eigenvalue weighted by molar-refractivity contribution is 7.14. The largest absolute Gasteiger partial charge is 0.343 e. The Morgan fingerprint density at radius 1 is 1.04 bits per heavy atom. The highest BCUT2D eigenvalue weighted by Gasteiger charge is 2.33. The lowest BCUT2D eigenvalue weighted by molar-refractivity contribution is -0.140. The third kappa shape index (κ3) is 5.99. The molecule has 1 unspecified atom stereocenters. The maximum Gasteiger partial charge on any atom is 0.293 e. The van der Waals surface area contributed by atoms with Gasteiger partial charge < -0.3 is 20.1 Å². The number of aryl methyl sites for hydroxylation is 3. The molecule has 2 aromatic heterocycles. The van der Waals surface area contributed by atoms with Crippen LogP contribution in [0.2, 0.25) is 0 Å². The molecule has 2 N–H and O–H groups in total. The topological polar surface area (TPSA) is 99.6 Å². The molecule has 1 aliphatic carbocycles. The van der Waals surface area contributed by atoms with Crippen molar-refractivity contribution >= 4 is 40.3 Å². The number of anilines is 3. The molecule has 2 amide bonds. The van der Waals surface area contributed by atoms with Crippen LogP contribution in [0.15, 0.2) is 53.5 Å². The average Bonchev–Trinajstić information content (AvgIpc) is 3.48. The number of benzene rings is 2. The SMILES string of the molecule is CCN1CCN(C)C(=O)C1c1ccc(Nc2nc(-c3ccc(F)c(NC(=O)c4cc5c(s4)CCCC5)c3F)cn(C)c2=O)cc1. The van der Waals surface area contributed by atoms with E-state index in [0.717, 1.165) is 60.8 Å². The van der Waals surface area contributed by atoms with Crippen LogP contribution in [-0.2, 0) is 24.7 Å². The minimum absolute atomic E-state index is 0.0263. The summed E-state index contributed by atoms with van der Waals surface area (Å²) in [5, 5.41) is 5.42. The number of hydrogen-bond acceptors (Lipinski definition) is 7. The first-order valence-electron chi connectivity index (χ1n) is 15.0. The molecule has 234 valence electrons. The van der Waals surface area contributed by atoms with Gasteiger partial charge in [0.25, 0.3) is 11.5 Å². The van der Waals surface area contributed by atoms with Gasteiger partial charge in [0.1, 0.15) is 17.5 Å². The van der Waals surface area contributed by atoms with Gasteiger partial charge in [-0.2, -0.15) is 0 Å². The highest BCUT2D eigenvalue weighted by Crippen LogP contribution is 2.33. The molecule has 2 aliphatic rings. The number of nitrogens with one attached hydrogen (secondary N) is 2. The van der Waals surface area contributed by atoms with Crippen molar-refractivity contribution in [2.75, 3.05) is 37.3 Å². The predicted octanol–water partition coefficient (Wildman–Crippen LogP) is 5.50. The number of thiophene rings is 1. The first kappa shape index (κ1) is 30.6. The Morgan fingerprint density at radius 3 is 2.53 bits per heavy atom. The summed E-state index contributed by atoms with van der Waals surface area (Å²) >= 11 is 1.35. The van der Waals surface area contributed by atoms with E-state index in [4.69, 9.17) is 0 Å². The van der Waals surface area contributed by atoms with Crippen molar-refractivity contribution < 1.29 is 18.4 Å². The number of amides is 2. The van der Waals surface area contributed by atoms with E-state index in [1.165, 1.54) is 35.2 Å². The summed E-state index contributed by atoms with van der Waals surface area (Å²) in [6.45, 7) is 4.20. The third-order valence-electron chi connectivity index (χ3n) is 8.49. The normalized spacial score (nSPS) is 16.9. The number of carbonyl (C=O) groups excluding carboxylic acids is 2. The molecule has 1 atom stereocenters. The zero-order valence-corrected chi connectivity index (χ0v) is 26.1. The van der Waals surface area contributed by atoms with Gasteiger partial charge in [0.05, 0.1) is 10.6 Å². The Bertz CT molecular complexity index is 1810. The fraction of sp³-hybridized carbons (Fsp3) is 0.333. The van der Waals surface area contributed by atoms with Gasteiger partial charge in [-0.15, -0.1) is 11.3 Å². The first-order chi connectivity index (χ1) is 21.6. The molecule has 6 rings (SSSR count). The molecule has 3 heterocycles. The molecule has 0 bridgehead atoms. The molecule has 9 nitrogen and oxygen atoms in total. The summed E-state index contributed by atoms with van der Waals surface area (Å²) in [4.78, 5) is 48.7. The van der Waals surface area contributed by atoms with Gasteiger partial charge in [-0.25, -0.2) is 13.8 Å². The number of rotatable bonds is 7. The van der Waals surface area contributed by atoms with Crippen LogP contribution >= 0.6 is 11.3 Å². The number of fused-ring (bicyclic) bond motifs is 1. The van der Waals surface area contributed by atoms with Gasteiger partial charge in [0.2, 0.25) is 5.91 Å². The van der Waals surface area contributed by atoms with E-state index in [9.17, 15) is 18.8 Å². The third-order valence-corrected chi connectivity index (χ3v) is 9.73. The standard InChI is InChI=1S/C33H34F2N6O3S/c1-4-41-16-15-39(2)32(43)29(41)19-9-11-21(12-10-19)36-30-33(44)40(3)18-24(37-30)22-13-14-23(34)28(27(22)35)38-31(42)26-17-20-7-5-6-8-25(20)45-26/h9-14,17-18,29H,4-8,15-16H2,1-3H3,(H,36,37)(H,38,42). The number of halogens is 2. The van der Waals surface area contributed by atoms with Crippen LogP contribution in [0.5, 0.6) is 0 Å². The second-order valence-electron chi connectivity index (χ2n) is 11.4. The minimum Gasteiger partial charge on any atom is -0.343 e. The zero-order valence-electron chi connectivity index (χ0n) is 25.3. The average molecular weight is 633 g/mol. The smallest absolute Gasteiger partial charge is 0.293 e. The van der Waals surface area contributed by atoms with Gasteiger partial charge >= 0.3 is 0 Å². The number of carbonyl (C=O) groups is 2. The van der Waals surface area contributed by atoms with Crippen LogP contribution < -0.4 is 16.2 Å². The zero-order chi connectivity index (χ0) is 31.8. The Balaban J connectivity index is 1.26. The number of aromatic nitrogens is 2. The lowest BCUT2D eigenvalue weighted by Crippen LogP contribution is -2.50. The maximum absolute atomic E-state index is 15.8. The van der Waals surface area contributed by atoms with Crippen molar-refractivity contribution in [3.05, 3.63) is 91.5 Å². The van der Waals surface area contributed by atoms with E-state index in [0.29, 0.717) is 17.1 Å². The summed E-state index contributed by atoms with van der Waals surface area (Å²) in [6, 6.07) is 10.9. The molecular formula is C33H34F2N6O3S. The van der Waals surface area contributed by atoms with Crippen LogP contribution in [-0.4, -0.2) is 57.8 Å². The molecule has 12 heteroatoms. The summed E-state index contributed by atoms with van der Waals surface area (Å²) in [6.07, 6.45) is 5.27. The number of likely N-dealkylation sites (N-methyl/N-ethyl adjacent to an activating group) is 2. The molecule has 4 aromatic rings. The fourth-order valence-corrected chi connectivity index (χ4v) is 7.07. The van der Waals surface area contributed by atoms with E-state index >= 15 is 4.39 Å². The molecule has 2 aromatic carbocycles. The number of piperazine rings is 1. The molecular weight excluding hydrogens is 598 g/mol. The Morgan fingerprint density at radius 2 is 1.80 bits per heavy atom. The highest BCUT2D eigenvalue weighted by atomic mass is 32.1. The monoisotopic (exact) mass is 632 g/mol. The number of nitrogens with zero attached hydrogens (tertiary/aromatic N) is 4. The van der Waals surface area contributed by atoms with Crippen molar-refractivity contribution in [1.82, 2.24) is 19.4 Å². The Kier molecular flexibility index (Phi) is 8.52. The molecule has 45 heavy (non-hydrogen) atoms. The molecule has 1 aliphatic heterocycles. The lowest BCUT2D eigenvalue weighted by Gasteiger charge is -2.38. The first-order valence-corrected chi connectivity index (χ1v) is 15.8. The van der Waals surface area contributed by atoms with Crippen LogP contribution in [0.25, 0.3) is 11.3 Å². The second-order valence-corrected chi connectivity index (χ2v) is 12.6. The molecule has 1 saturated heterocycles. The molecule has 0 spiro atoms. The predicted molar refractivity (Wildman–Crippen MR) is 171 cm³/mol. The van der Waals surface area contributed by atoms with Gasteiger partial charge in [0, 0.05) is 49.5 Å². The van der Waals surface area contributed by atoms with Crippen LogP contribution in [0.4, 0.5) is 26.0 Å². The van der Waals surface area contributed by atoms with Crippen molar-refractivity contribution in [1.29, 1.82) is 0 Å². The fourth-order valence-electron chi connectivity index (χ4n) is 5.92. The number of hydrogen-bond donors (Lipinski definition) is 2. The van der Waals surface area contributed by atoms with Crippen molar-refractivity contribution in [2.45, 2.75) is 38.6 Å². The van der Waals surface area contributed by atoms with E-state index < -0.39 is 34.8 Å². The second kappa shape index (κ2) is 12.5. The molecule has 0 radical (unpaired) electrons. The van der Waals surface area contributed by atoms with Crippen molar-refractivity contribution in [3.63, 3.8) is 0 Å². The van der Waals surface area contributed by atoms with Gasteiger partial charge in [-0.3, -0.25) is 19.3 Å². The quantitative estimate of drug-likeness (QED) is 0.279. The lowest BCUT2D eigenvalue weighted by atomic mass is 9.99. The Hall–Kier alpha value is -4.42. The van der Waals surface area contributed by atoms with E-state index in [-0.39, 0.29) is 23.0 Å². The summed E-state index contributed by atoms with van der Waals surface area (Å²) < 4.78 is 31.9. The van der Waals surface area contributed by atoms with Crippen molar-refractivity contribution in [2.24, 2.45) is 7.05 Å². The van der Waals surface area contributed by atoms with E-state index in [1.807, 2.05) is 19.1 Å². The summed E-state index contributed by atoms with van der Waals surface area (Å²) in [5.41, 5.74) is 1.46. The van der Waals surface area contributed by atoms with Gasteiger partial charge in [0.15, 0.2) is 11.6 Å². The molecule has 0 saturated carbocycles. The summed E-state index contributed by atoms with van der Waals surface area (Å²) in [5.74, 6) is -2.53. The molecule has 1 fully saturated rings. The van der Waals surface area contributed by atoms with E-state index in [1.54, 1.807) is 30.1 Å². The maximum atomic E-state index is 15.8. The summed E-state index contributed by atoms with van der Waals surface area (Å²) in [7, 11) is 3.30. The van der Waals surface area contributed by atoms with Gasteiger partial charge in [-0.1, -0.05) is 19.1 Å².